The Bertz CT molecular complexity index is 1290. The van der Waals surface area contributed by atoms with Crippen LogP contribution < -0.4 is 16.8 Å². The number of aryl methyl sites for hydroxylation is 1. The predicted octanol–water partition coefficient (Wildman–Crippen LogP) is 2.75. The Hall–Kier alpha value is -3.97. The molecule has 0 aliphatic heterocycles. The second kappa shape index (κ2) is 7.46. The molecule has 0 aliphatic carbocycles. The monoisotopic (exact) mass is 420 g/mol. The highest BCUT2D eigenvalue weighted by Gasteiger charge is 2.21. The van der Waals surface area contributed by atoms with Crippen molar-refractivity contribution in [2.75, 3.05) is 16.8 Å². The van der Waals surface area contributed by atoms with E-state index < -0.39 is 0 Å². The van der Waals surface area contributed by atoms with Crippen molar-refractivity contribution in [1.29, 1.82) is 5.26 Å². The van der Waals surface area contributed by atoms with E-state index in [1.807, 2.05) is 44.3 Å². The van der Waals surface area contributed by atoms with Crippen molar-refractivity contribution >= 4 is 34.8 Å². The van der Waals surface area contributed by atoms with Crippen LogP contribution in [0.2, 0.25) is 5.02 Å². The lowest BCUT2D eigenvalue weighted by molar-refractivity contribution is 0.825. The molecule has 11 heteroatoms. The van der Waals surface area contributed by atoms with Gasteiger partial charge in [-0.3, -0.25) is 4.98 Å². The van der Waals surface area contributed by atoms with Crippen molar-refractivity contribution in [2.24, 2.45) is 0 Å². The summed E-state index contributed by atoms with van der Waals surface area (Å²) in [6.45, 7) is 3.70. The Morgan fingerprint density at radius 2 is 2.03 bits per heavy atom. The van der Waals surface area contributed by atoms with E-state index in [0.29, 0.717) is 27.8 Å². The molecular formula is C19H17ClN10. The second-order valence-electron chi connectivity index (χ2n) is 6.60. The van der Waals surface area contributed by atoms with Crippen LogP contribution in [0, 0.1) is 18.3 Å². The molecule has 0 spiro atoms. The molecular weight excluding hydrogens is 404 g/mol. The van der Waals surface area contributed by atoms with Crippen molar-refractivity contribution in [3.63, 3.8) is 0 Å². The predicted molar refractivity (Wildman–Crippen MR) is 114 cm³/mol. The van der Waals surface area contributed by atoms with Crippen molar-refractivity contribution in [3.8, 4) is 17.5 Å². The van der Waals surface area contributed by atoms with Gasteiger partial charge in [0.25, 0.3) is 0 Å². The molecule has 4 aromatic rings. The highest BCUT2D eigenvalue weighted by Crippen LogP contribution is 2.31. The van der Waals surface area contributed by atoms with E-state index in [4.69, 9.17) is 28.1 Å². The van der Waals surface area contributed by atoms with Crippen LogP contribution in [-0.2, 0) is 0 Å². The number of hydrogen-bond donors (Lipinski definition) is 3. The van der Waals surface area contributed by atoms with Crippen LogP contribution in [0.5, 0.6) is 0 Å². The Morgan fingerprint density at radius 3 is 2.73 bits per heavy atom. The van der Waals surface area contributed by atoms with Crippen molar-refractivity contribution in [3.05, 3.63) is 52.4 Å². The molecule has 0 saturated carbocycles. The number of halogens is 1. The maximum atomic E-state index is 9.44. The number of fused-ring (bicyclic) bond motifs is 1. The maximum absolute atomic E-state index is 9.44. The van der Waals surface area contributed by atoms with E-state index in [1.165, 1.54) is 0 Å². The lowest BCUT2D eigenvalue weighted by atomic mass is 10.1. The summed E-state index contributed by atoms with van der Waals surface area (Å²) in [6, 6.07) is 7.20. The van der Waals surface area contributed by atoms with Gasteiger partial charge in [-0.25, -0.2) is 9.50 Å². The minimum Gasteiger partial charge on any atom is -0.382 e. The third kappa shape index (κ3) is 3.31. The molecule has 4 heterocycles. The first-order chi connectivity index (χ1) is 14.4. The molecule has 1 atom stereocenters. The summed E-state index contributed by atoms with van der Waals surface area (Å²) in [4.78, 5) is 17.1. The summed E-state index contributed by atoms with van der Waals surface area (Å²) in [5.41, 5.74) is 14.9. The fourth-order valence-corrected chi connectivity index (χ4v) is 3.25. The maximum Gasteiger partial charge on any atom is 0.224 e. The van der Waals surface area contributed by atoms with E-state index >= 15 is 0 Å². The van der Waals surface area contributed by atoms with E-state index in [0.717, 1.165) is 5.56 Å². The van der Waals surface area contributed by atoms with Crippen LogP contribution in [0.15, 0.2) is 30.6 Å². The second-order valence-corrected chi connectivity index (χ2v) is 6.97. The van der Waals surface area contributed by atoms with Crippen LogP contribution in [0.1, 0.15) is 29.8 Å². The standard InChI is InChI=1S/C19H17ClN10/c1-9(25-17-11(7-21)16(22)27-19(23)28-17)12-8-30-18(14(20)10(2)29-30)26-15(12)13-5-3-4-6-24-13/h3-6,8-9H,1-2H3,(H5,22,23,25,27,28)/t9-/m0/s1. The molecule has 4 aromatic heterocycles. The summed E-state index contributed by atoms with van der Waals surface area (Å²) < 4.78 is 1.62. The first-order valence-corrected chi connectivity index (χ1v) is 9.33. The molecule has 5 N–H and O–H groups in total. The molecule has 0 saturated heterocycles. The van der Waals surface area contributed by atoms with Gasteiger partial charge in [0.15, 0.2) is 11.5 Å². The normalized spacial score (nSPS) is 11.9. The van der Waals surface area contributed by atoms with Gasteiger partial charge < -0.3 is 16.8 Å². The van der Waals surface area contributed by atoms with Gasteiger partial charge in [-0.15, -0.1) is 0 Å². The van der Waals surface area contributed by atoms with E-state index in [1.54, 1.807) is 10.7 Å². The summed E-state index contributed by atoms with van der Waals surface area (Å²) in [7, 11) is 0. The number of nitrogens with zero attached hydrogens (tertiary/aromatic N) is 7. The first-order valence-electron chi connectivity index (χ1n) is 8.95. The van der Waals surface area contributed by atoms with Crippen molar-refractivity contribution < 1.29 is 0 Å². The number of nitriles is 1. The number of pyridine rings is 1. The van der Waals surface area contributed by atoms with Gasteiger partial charge in [0.2, 0.25) is 5.95 Å². The van der Waals surface area contributed by atoms with E-state index in [9.17, 15) is 5.26 Å². The largest absolute Gasteiger partial charge is 0.382 e. The molecule has 0 aromatic carbocycles. The van der Waals surface area contributed by atoms with Crippen LogP contribution in [0.3, 0.4) is 0 Å². The van der Waals surface area contributed by atoms with Gasteiger partial charge >= 0.3 is 0 Å². The van der Waals surface area contributed by atoms with Gasteiger partial charge in [-0.2, -0.15) is 20.3 Å². The number of nitrogens with two attached hydrogens (primary N) is 2. The SMILES string of the molecule is Cc1nn2cc([C@H](C)Nc3nc(N)nc(N)c3C#N)c(-c3ccccn3)nc2c1Cl. The zero-order valence-corrected chi connectivity index (χ0v) is 16.9. The number of anilines is 3. The fourth-order valence-electron chi connectivity index (χ4n) is 3.09. The van der Waals surface area contributed by atoms with Crippen molar-refractivity contribution in [2.45, 2.75) is 19.9 Å². The molecule has 0 bridgehead atoms. The minimum absolute atomic E-state index is 0.00714. The summed E-state index contributed by atoms with van der Waals surface area (Å²) in [5, 5.41) is 17.5. The van der Waals surface area contributed by atoms with Gasteiger partial charge in [0.05, 0.1) is 23.1 Å². The van der Waals surface area contributed by atoms with Crippen LogP contribution >= 0.6 is 11.6 Å². The van der Waals surface area contributed by atoms with Gasteiger partial charge in [-0.05, 0) is 26.0 Å². The summed E-state index contributed by atoms with van der Waals surface area (Å²) >= 11 is 6.37. The summed E-state index contributed by atoms with van der Waals surface area (Å²) in [5.74, 6) is 0.207. The smallest absolute Gasteiger partial charge is 0.224 e. The quantitative estimate of drug-likeness (QED) is 0.451. The van der Waals surface area contributed by atoms with E-state index in [2.05, 4.69) is 25.4 Å². The Labute approximate surface area is 176 Å². The van der Waals surface area contributed by atoms with Gasteiger partial charge in [0.1, 0.15) is 22.5 Å². The molecule has 30 heavy (non-hydrogen) atoms. The Kier molecular flexibility index (Phi) is 4.81. The molecule has 10 nitrogen and oxygen atoms in total. The fraction of sp³-hybridized carbons (Fsp3) is 0.158. The highest BCUT2D eigenvalue weighted by molar-refractivity contribution is 6.34. The molecule has 0 fully saturated rings. The molecule has 0 amide bonds. The zero-order chi connectivity index (χ0) is 21.4. The van der Waals surface area contributed by atoms with Crippen LogP contribution in [-0.4, -0.2) is 29.5 Å². The first kappa shape index (κ1) is 19.4. The number of nitrogen functional groups attached to an aromatic ring is 2. The molecule has 150 valence electrons. The molecule has 0 radical (unpaired) electrons. The minimum atomic E-state index is -0.358. The number of nitrogens with one attached hydrogen (secondary N) is 1. The average molecular weight is 421 g/mol. The van der Waals surface area contributed by atoms with Crippen LogP contribution in [0.25, 0.3) is 17.0 Å². The van der Waals surface area contributed by atoms with Gasteiger partial charge in [-0.1, -0.05) is 17.7 Å². The van der Waals surface area contributed by atoms with Gasteiger partial charge in [0, 0.05) is 18.0 Å². The number of hydrogen-bond acceptors (Lipinski definition) is 9. The molecule has 4 rings (SSSR count). The third-order valence-electron chi connectivity index (χ3n) is 4.53. The number of aromatic nitrogens is 6. The van der Waals surface area contributed by atoms with E-state index in [-0.39, 0.29) is 29.2 Å². The number of rotatable bonds is 4. The molecule has 0 unspecified atom stereocenters. The van der Waals surface area contributed by atoms with Crippen molar-refractivity contribution in [1.82, 2.24) is 29.5 Å². The average Bonchev–Trinajstić information content (AvgIpc) is 3.00. The lowest BCUT2D eigenvalue weighted by Gasteiger charge is -2.19. The summed E-state index contributed by atoms with van der Waals surface area (Å²) in [6.07, 6.45) is 3.51. The highest BCUT2D eigenvalue weighted by atomic mass is 35.5. The third-order valence-corrected chi connectivity index (χ3v) is 4.98. The zero-order valence-electron chi connectivity index (χ0n) is 16.1. The topological polar surface area (TPSA) is 157 Å². The van der Waals surface area contributed by atoms with Crippen LogP contribution in [0.4, 0.5) is 17.6 Å². The Balaban J connectivity index is 1.87. The Morgan fingerprint density at radius 1 is 1.23 bits per heavy atom. The lowest BCUT2D eigenvalue weighted by Crippen LogP contribution is -2.15. The molecule has 0 aliphatic rings.